The minimum absolute atomic E-state index is 0.259. The predicted molar refractivity (Wildman–Crippen MR) is 62.3 cm³/mol. The summed E-state index contributed by atoms with van der Waals surface area (Å²) in [6, 6.07) is 3.27. The average Bonchev–Trinajstić information content (AvgIpc) is 2.79. The maximum atomic E-state index is 11.7. The third-order valence-electron chi connectivity index (χ3n) is 2.28. The van der Waals surface area contributed by atoms with Crippen LogP contribution in [-0.2, 0) is 7.05 Å². The van der Waals surface area contributed by atoms with Crippen molar-refractivity contribution in [2.75, 3.05) is 5.32 Å². The minimum atomic E-state index is -0.290. The van der Waals surface area contributed by atoms with Crippen molar-refractivity contribution < 1.29 is 9.21 Å². The van der Waals surface area contributed by atoms with Crippen LogP contribution in [0.1, 0.15) is 16.2 Å². The molecular formula is C10H10BrN3O2. The normalized spacial score (nSPS) is 10.4. The molecule has 6 heteroatoms. The quantitative estimate of drug-likeness (QED) is 0.920. The number of rotatable bonds is 2. The molecule has 1 N–H and O–H groups in total. The van der Waals surface area contributed by atoms with E-state index in [-0.39, 0.29) is 11.7 Å². The molecule has 0 atom stereocenters. The summed E-state index contributed by atoms with van der Waals surface area (Å²) in [5, 5.41) is 6.75. The second-order valence-corrected chi connectivity index (χ2v) is 4.11. The first-order valence-electron chi connectivity index (χ1n) is 4.63. The van der Waals surface area contributed by atoms with Crippen LogP contribution in [0.2, 0.25) is 0 Å². The highest BCUT2D eigenvalue weighted by atomic mass is 79.9. The maximum absolute atomic E-state index is 11.7. The van der Waals surface area contributed by atoms with Crippen LogP contribution in [0.4, 0.5) is 5.69 Å². The minimum Gasteiger partial charge on any atom is -0.444 e. The zero-order valence-corrected chi connectivity index (χ0v) is 10.4. The van der Waals surface area contributed by atoms with E-state index >= 15 is 0 Å². The molecule has 16 heavy (non-hydrogen) atoms. The molecule has 0 aliphatic carbocycles. The van der Waals surface area contributed by atoms with Crippen molar-refractivity contribution in [1.29, 1.82) is 0 Å². The number of amides is 1. The lowest BCUT2D eigenvalue weighted by Crippen LogP contribution is -2.11. The molecule has 0 aliphatic heterocycles. The van der Waals surface area contributed by atoms with Gasteiger partial charge in [-0.05, 0) is 35.0 Å². The molecule has 0 saturated heterocycles. The van der Waals surface area contributed by atoms with E-state index in [0.29, 0.717) is 10.4 Å². The Balaban J connectivity index is 2.17. The van der Waals surface area contributed by atoms with Crippen LogP contribution in [0.15, 0.2) is 27.4 Å². The van der Waals surface area contributed by atoms with Gasteiger partial charge in [-0.15, -0.1) is 0 Å². The van der Waals surface area contributed by atoms with Gasteiger partial charge < -0.3 is 9.73 Å². The molecule has 0 fully saturated rings. The van der Waals surface area contributed by atoms with E-state index < -0.39 is 0 Å². The zero-order valence-electron chi connectivity index (χ0n) is 8.82. The summed E-state index contributed by atoms with van der Waals surface area (Å²) in [6.07, 6.45) is 1.60. The lowest BCUT2D eigenvalue weighted by Gasteiger charge is -2.01. The molecule has 0 saturated carbocycles. The van der Waals surface area contributed by atoms with E-state index in [4.69, 9.17) is 4.42 Å². The SMILES string of the molecule is Cc1c(NC(=O)c2ccc(Br)o2)cnn1C. The Kier molecular flexibility index (Phi) is 2.82. The van der Waals surface area contributed by atoms with Crippen LogP contribution in [0, 0.1) is 6.92 Å². The summed E-state index contributed by atoms with van der Waals surface area (Å²) in [7, 11) is 1.81. The van der Waals surface area contributed by atoms with Crippen LogP contribution in [-0.4, -0.2) is 15.7 Å². The number of aryl methyl sites for hydroxylation is 1. The van der Waals surface area contributed by atoms with Crippen LogP contribution in [0.3, 0.4) is 0 Å². The third-order valence-corrected chi connectivity index (χ3v) is 2.71. The fraction of sp³-hybridized carbons (Fsp3) is 0.200. The molecule has 2 heterocycles. The molecule has 0 radical (unpaired) electrons. The van der Waals surface area contributed by atoms with Gasteiger partial charge in [0, 0.05) is 7.05 Å². The highest BCUT2D eigenvalue weighted by Gasteiger charge is 2.13. The highest BCUT2D eigenvalue weighted by Crippen LogP contribution is 2.17. The Morgan fingerprint density at radius 3 is 2.81 bits per heavy atom. The predicted octanol–water partition coefficient (Wildman–Crippen LogP) is 2.34. The van der Waals surface area contributed by atoms with E-state index in [1.165, 1.54) is 0 Å². The first-order valence-corrected chi connectivity index (χ1v) is 5.42. The number of halogens is 1. The Labute approximate surface area is 101 Å². The van der Waals surface area contributed by atoms with Gasteiger partial charge in [-0.3, -0.25) is 9.48 Å². The molecule has 84 valence electrons. The van der Waals surface area contributed by atoms with Gasteiger partial charge in [0.05, 0.1) is 17.6 Å². The molecule has 2 rings (SSSR count). The fourth-order valence-corrected chi connectivity index (χ4v) is 1.55. The lowest BCUT2D eigenvalue weighted by molar-refractivity contribution is 0.0995. The number of hydrogen-bond acceptors (Lipinski definition) is 3. The maximum Gasteiger partial charge on any atom is 0.291 e. The molecule has 0 aliphatic rings. The van der Waals surface area contributed by atoms with Gasteiger partial charge in [-0.2, -0.15) is 5.10 Å². The van der Waals surface area contributed by atoms with Crippen LogP contribution >= 0.6 is 15.9 Å². The van der Waals surface area contributed by atoms with Gasteiger partial charge in [-0.1, -0.05) is 0 Å². The number of carbonyl (C=O) groups excluding carboxylic acids is 1. The average molecular weight is 284 g/mol. The third kappa shape index (κ3) is 2.01. The molecule has 0 bridgehead atoms. The molecular weight excluding hydrogens is 274 g/mol. The standard InChI is InChI=1S/C10H10BrN3O2/c1-6-7(5-12-14(6)2)13-10(15)8-3-4-9(11)16-8/h3-5H,1-2H3,(H,13,15). The fourth-order valence-electron chi connectivity index (χ4n) is 1.24. The largest absolute Gasteiger partial charge is 0.444 e. The summed E-state index contributed by atoms with van der Waals surface area (Å²) in [4.78, 5) is 11.7. The van der Waals surface area contributed by atoms with Crippen molar-refractivity contribution in [2.45, 2.75) is 6.92 Å². The summed E-state index contributed by atoms with van der Waals surface area (Å²) in [6.45, 7) is 1.88. The highest BCUT2D eigenvalue weighted by molar-refractivity contribution is 9.10. The first-order chi connectivity index (χ1) is 7.58. The first kappa shape index (κ1) is 10.9. The van der Waals surface area contributed by atoms with E-state index in [2.05, 4.69) is 26.3 Å². The number of aromatic nitrogens is 2. The number of furan rings is 1. The molecule has 0 unspecified atom stereocenters. The van der Waals surface area contributed by atoms with Crippen LogP contribution in [0.25, 0.3) is 0 Å². The van der Waals surface area contributed by atoms with E-state index in [9.17, 15) is 4.79 Å². The molecule has 5 nitrogen and oxygen atoms in total. The zero-order chi connectivity index (χ0) is 11.7. The molecule has 2 aromatic heterocycles. The van der Waals surface area contributed by atoms with Crippen molar-refractivity contribution >= 4 is 27.5 Å². The van der Waals surface area contributed by atoms with E-state index in [0.717, 1.165) is 5.69 Å². The van der Waals surface area contributed by atoms with Crippen molar-refractivity contribution in [3.8, 4) is 0 Å². The van der Waals surface area contributed by atoms with Gasteiger partial charge in [0.1, 0.15) is 0 Å². The van der Waals surface area contributed by atoms with Gasteiger partial charge in [0.15, 0.2) is 10.4 Å². The summed E-state index contributed by atoms with van der Waals surface area (Å²) in [5.74, 6) is -0.0306. The number of anilines is 1. The van der Waals surface area contributed by atoms with Crippen LogP contribution < -0.4 is 5.32 Å². The van der Waals surface area contributed by atoms with Gasteiger partial charge >= 0.3 is 0 Å². The van der Waals surface area contributed by atoms with Crippen molar-refractivity contribution in [3.63, 3.8) is 0 Å². The van der Waals surface area contributed by atoms with Crippen molar-refractivity contribution in [2.24, 2.45) is 7.05 Å². The van der Waals surface area contributed by atoms with Crippen molar-refractivity contribution in [3.05, 3.63) is 34.5 Å². The summed E-state index contributed by atoms with van der Waals surface area (Å²) in [5.41, 5.74) is 1.57. The Morgan fingerprint density at radius 1 is 1.56 bits per heavy atom. The molecule has 0 spiro atoms. The Hall–Kier alpha value is -1.56. The molecule has 0 aromatic carbocycles. The topological polar surface area (TPSA) is 60.1 Å². The van der Waals surface area contributed by atoms with Gasteiger partial charge in [0.25, 0.3) is 5.91 Å². The van der Waals surface area contributed by atoms with E-state index in [1.54, 1.807) is 23.0 Å². The number of carbonyl (C=O) groups is 1. The Morgan fingerprint density at radius 2 is 2.31 bits per heavy atom. The summed E-state index contributed by atoms with van der Waals surface area (Å²) < 4.78 is 7.36. The van der Waals surface area contributed by atoms with Gasteiger partial charge in [-0.25, -0.2) is 0 Å². The molecule has 1 amide bonds. The number of nitrogens with one attached hydrogen (secondary N) is 1. The monoisotopic (exact) mass is 283 g/mol. The molecule has 2 aromatic rings. The van der Waals surface area contributed by atoms with Crippen molar-refractivity contribution in [1.82, 2.24) is 9.78 Å². The number of nitrogens with zero attached hydrogens (tertiary/aromatic N) is 2. The second kappa shape index (κ2) is 4.13. The second-order valence-electron chi connectivity index (χ2n) is 3.33. The number of hydrogen-bond donors (Lipinski definition) is 1. The smallest absolute Gasteiger partial charge is 0.291 e. The lowest BCUT2D eigenvalue weighted by atomic mass is 10.3. The van der Waals surface area contributed by atoms with Crippen LogP contribution in [0.5, 0.6) is 0 Å². The van der Waals surface area contributed by atoms with E-state index in [1.807, 2.05) is 14.0 Å². The van der Waals surface area contributed by atoms with Gasteiger partial charge in [0.2, 0.25) is 0 Å². The summed E-state index contributed by atoms with van der Waals surface area (Å²) >= 11 is 3.14. The Bertz CT molecular complexity index is 530.